The molecule has 1 atom stereocenters. The van der Waals surface area contributed by atoms with Gasteiger partial charge in [0.2, 0.25) is 5.82 Å². The standard InChI is InChI=1S/C21H16ClFN4O3/c1-28-14-5-2-12(3-6-14)18-9-27-11-24-19(17(27)10-29-18)21-25-20(26-30-21)13-4-7-15(22)16(23)8-13/h2-8,11,18H,9-10H2,1H3/t18-/m1/s1. The molecule has 4 aromatic rings. The molecule has 2 aromatic carbocycles. The average molecular weight is 427 g/mol. The first kappa shape index (κ1) is 18.8. The summed E-state index contributed by atoms with van der Waals surface area (Å²) in [6.07, 6.45) is 1.64. The molecule has 1 aliphatic rings. The molecule has 30 heavy (non-hydrogen) atoms. The van der Waals surface area contributed by atoms with Crippen LogP contribution in [0.4, 0.5) is 4.39 Å². The van der Waals surface area contributed by atoms with Crippen molar-refractivity contribution in [3.05, 3.63) is 70.9 Å². The maximum Gasteiger partial charge on any atom is 0.278 e. The fraction of sp³-hybridized carbons (Fsp3) is 0.190. The summed E-state index contributed by atoms with van der Waals surface area (Å²) in [4.78, 5) is 8.80. The topological polar surface area (TPSA) is 75.2 Å². The van der Waals surface area contributed by atoms with Crippen molar-refractivity contribution in [2.75, 3.05) is 7.11 Å². The molecule has 0 spiro atoms. The molecule has 2 aromatic heterocycles. The van der Waals surface area contributed by atoms with Crippen molar-refractivity contribution in [1.82, 2.24) is 19.7 Å². The summed E-state index contributed by atoms with van der Waals surface area (Å²) >= 11 is 5.73. The second-order valence-corrected chi connectivity index (χ2v) is 7.22. The second kappa shape index (κ2) is 7.55. The van der Waals surface area contributed by atoms with Crippen LogP contribution in [0.15, 0.2) is 53.3 Å². The number of rotatable bonds is 4. The number of methoxy groups -OCH3 is 1. The first-order valence-corrected chi connectivity index (χ1v) is 9.59. The number of halogens is 2. The van der Waals surface area contributed by atoms with Crippen molar-refractivity contribution in [2.45, 2.75) is 19.3 Å². The van der Waals surface area contributed by atoms with Crippen LogP contribution in [0.1, 0.15) is 17.4 Å². The SMILES string of the molecule is COc1ccc([C@H]2Cn3cnc(-c4nc(-c5ccc(Cl)c(F)c5)no4)c3CO2)cc1. The minimum atomic E-state index is -0.544. The Morgan fingerprint density at radius 1 is 1.20 bits per heavy atom. The highest BCUT2D eigenvalue weighted by Crippen LogP contribution is 2.32. The Kier molecular flexibility index (Phi) is 4.72. The van der Waals surface area contributed by atoms with E-state index in [0.29, 0.717) is 24.4 Å². The van der Waals surface area contributed by atoms with Crippen LogP contribution < -0.4 is 4.74 Å². The summed E-state index contributed by atoms with van der Waals surface area (Å²) in [5, 5.41) is 3.98. The molecule has 0 aliphatic carbocycles. The number of hydrogen-bond donors (Lipinski definition) is 0. The van der Waals surface area contributed by atoms with Gasteiger partial charge in [-0.05, 0) is 35.9 Å². The Morgan fingerprint density at radius 3 is 2.80 bits per heavy atom. The van der Waals surface area contributed by atoms with Crippen molar-refractivity contribution < 1.29 is 18.4 Å². The van der Waals surface area contributed by atoms with Crippen LogP contribution in [0.5, 0.6) is 5.75 Å². The van der Waals surface area contributed by atoms with Crippen LogP contribution in [0.25, 0.3) is 23.0 Å². The molecule has 0 fully saturated rings. The fourth-order valence-corrected chi connectivity index (χ4v) is 3.52. The molecule has 1 aliphatic heterocycles. The van der Waals surface area contributed by atoms with E-state index in [2.05, 4.69) is 15.1 Å². The molecule has 0 radical (unpaired) electrons. The van der Waals surface area contributed by atoms with E-state index in [-0.39, 0.29) is 22.8 Å². The maximum absolute atomic E-state index is 13.7. The molecule has 0 saturated heterocycles. The minimum Gasteiger partial charge on any atom is -0.497 e. The lowest BCUT2D eigenvalue weighted by Gasteiger charge is -2.25. The molecule has 152 valence electrons. The molecule has 0 amide bonds. The lowest BCUT2D eigenvalue weighted by atomic mass is 10.1. The molecule has 0 saturated carbocycles. The number of benzene rings is 2. The molecule has 7 nitrogen and oxygen atoms in total. The quantitative estimate of drug-likeness (QED) is 0.472. The first-order chi connectivity index (χ1) is 14.6. The van der Waals surface area contributed by atoms with Gasteiger partial charge in [0.1, 0.15) is 17.7 Å². The number of fused-ring (bicyclic) bond motifs is 1. The lowest BCUT2D eigenvalue weighted by Crippen LogP contribution is -2.20. The summed E-state index contributed by atoms with van der Waals surface area (Å²) in [7, 11) is 1.64. The van der Waals surface area contributed by atoms with Crippen LogP contribution in [0.3, 0.4) is 0 Å². The summed E-state index contributed by atoms with van der Waals surface area (Å²) in [6.45, 7) is 0.956. The van der Waals surface area contributed by atoms with Crippen LogP contribution in [0, 0.1) is 5.82 Å². The molecular weight excluding hydrogens is 411 g/mol. The van der Waals surface area contributed by atoms with Gasteiger partial charge in [0.25, 0.3) is 5.89 Å². The van der Waals surface area contributed by atoms with Crippen LogP contribution in [-0.4, -0.2) is 26.8 Å². The van der Waals surface area contributed by atoms with E-state index in [1.807, 2.05) is 28.8 Å². The largest absolute Gasteiger partial charge is 0.497 e. The van der Waals surface area contributed by atoms with E-state index in [4.69, 9.17) is 25.6 Å². The van der Waals surface area contributed by atoms with Crippen LogP contribution in [-0.2, 0) is 17.9 Å². The minimum absolute atomic E-state index is 0.0363. The van der Waals surface area contributed by atoms with Gasteiger partial charge in [0.15, 0.2) is 5.69 Å². The zero-order valence-electron chi connectivity index (χ0n) is 15.9. The summed E-state index contributed by atoms with van der Waals surface area (Å²) in [5.41, 5.74) is 2.92. The van der Waals surface area contributed by atoms with E-state index >= 15 is 0 Å². The number of aromatic nitrogens is 4. The highest BCUT2D eigenvalue weighted by atomic mass is 35.5. The monoisotopic (exact) mass is 426 g/mol. The second-order valence-electron chi connectivity index (χ2n) is 6.82. The predicted molar refractivity (Wildman–Crippen MR) is 106 cm³/mol. The van der Waals surface area contributed by atoms with Gasteiger partial charge in [0, 0.05) is 5.56 Å². The molecule has 0 bridgehead atoms. The maximum atomic E-state index is 13.7. The molecule has 0 N–H and O–H groups in total. The molecular formula is C21H16ClFN4O3. The van der Waals surface area contributed by atoms with E-state index < -0.39 is 5.82 Å². The van der Waals surface area contributed by atoms with Crippen LogP contribution in [0.2, 0.25) is 5.02 Å². The summed E-state index contributed by atoms with van der Waals surface area (Å²) in [5.74, 6) is 0.765. The molecule has 3 heterocycles. The molecule has 9 heteroatoms. The number of hydrogen-bond acceptors (Lipinski definition) is 6. The third kappa shape index (κ3) is 3.34. The van der Waals surface area contributed by atoms with E-state index in [0.717, 1.165) is 17.0 Å². The van der Waals surface area contributed by atoms with Crippen molar-refractivity contribution in [1.29, 1.82) is 0 Å². The van der Waals surface area contributed by atoms with Crippen molar-refractivity contribution >= 4 is 11.6 Å². The zero-order chi connectivity index (χ0) is 20.7. The fourth-order valence-electron chi connectivity index (χ4n) is 3.40. The van der Waals surface area contributed by atoms with Gasteiger partial charge >= 0.3 is 0 Å². The summed E-state index contributed by atoms with van der Waals surface area (Å²) in [6, 6.07) is 12.1. The van der Waals surface area contributed by atoms with Gasteiger partial charge in [-0.1, -0.05) is 28.9 Å². The third-order valence-corrected chi connectivity index (χ3v) is 5.33. The predicted octanol–water partition coefficient (Wildman–Crippen LogP) is 4.67. The highest BCUT2D eigenvalue weighted by molar-refractivity contribution is 6.30. The Labute approximate surface area is 176 Å². The van der Waals surface area contributed by atoms with Crippen molar-refractivity contribution in [3.8, 4) is 28.7 Å². The van der Waals surface area contributed by atoms with Crippen LogP contribution >= 0.6 is 11.6 Å². The van der Waals surface area contributed by atoms with Gasteiger partial charge in [-0.3, -0.25) is 0 Å². The smallest absolute Gasteiger partial charge is 0.278 e. The lowest BCUT2D eigenvalue weighted by molar-refractivity contribution is 0.00328. The van der Waals surface area contributed by atoms with Crippen molar-refractivity contribution in [3.63, 3.8) is 0 Å². The summed E-state index contributed by atoms with van der Waals surface area (Å²) < 4.78 is 32.4. The zero-order valence-corrected chi connectivity index (χ0v) is 16.6. The Balaban J connectivity index is 1.39. The molecule has 5 rings (SSSR count). The van der Waals surface area contributed by atoms with Crippen molar-refractivity contribution in [2.24, 2.45) is 0 Å². The van der Waals surface area contributed by atoms with Gasteiger partial charge in [-0.2, -0.15) is 4.98 Å². The Bertz CT molecular complexity index is 1210. The van der Waals surface area contributed by atoms with Gasteiger partial charge < -0.3 is 18.6 Å². The number of imidazole rings is 1. The van der Waals surface area contributed by atoms with Gasteiger partial charge in [-0.25, -0.2) is 9.37 Å². The molecule has 0 unspecified atom stereocenters. The first-order valence-electron chi connectivity index (χ1n) is 9.21. The van der Waals surface area contributed by atoms with E-state index in [1.165, 1.54) is 12.1 Å². The highest BCUT2D eigenvalue weighted by Gasteiger charge is 2.26. The van der Waals surface area contributed by atoms with Gasteiger partial charge in [-0.15, -0.1) is 0 Å². The normalized spacial score (nSPS) is 15.8. The van der Waals surface area contributed by atoms with Gasteiger partial charge in [0.05, 0.1) is 37.3 Å². The third-order valence-electron chi connectivity index (χ3n) is 5.02. The van der Waals surface area contributed by atoms with E-state index in [1.54, 1.807) is 19.5 Å². The Hall–Kier alpha value is -3.23. The van der Waals surface area contributed by atoms with E-state index in [9.17, 15) is 4.39 Å². The average Bonchev–Trinajstić information content (AvgIpc) is 3.42. The number of nitrogens with zero attached hydrogens (tertiary/aromatic N) is 4. The Morgan fingerprint density at radius 2 is 2.03 bits per heavy atom. The number of ether oxygens (including phenoxy) is 2.